The van der Waals surface area contributed by atoms with Gasteiger partial charge in [-0.05, 0) is 36.1 Å². The molecule has 1 aliphatic heterocycles. The van der Waals surface area contributed by atoms with E-state index in [-0.39, 0.29) is 29.5 Å². The predicted molar refractivity (Wildman–Crippen MR) is 157 cm³/mol. The predicted octanol–water partition coefficient (Wildman–Crippen LogP) is 4.09. The Labute approximate surface area is 257 Å². The second kappa shape index (κ2) is 13.3. The summed E-state index contributed by atoms with van der Waals surface area (Å²) < 4.78 is 73.8. The van der Waals surface area contributed by atoms with Gasteiger partial charge < -0.3 is 14.8 Å². The fraction of sp³-hybridized carbons (Fsp3) is 0.448. The van der Waals surface area contributed by atoms with Gasteiger partial charge in [0.15, 0.2) is 22.2 Å². The van der Waals surface area contributed by atoms with Gasteiger partial charge in [0.05, 0.1) is 24.5 Å². The van der Waals surface area contributed by atoms with Crippen molar-refractivity contribution in [1.29, 1.82) is 0 Å². The van der Waals surface area contributed by atoms with E-state index in [4.69, 9.17) is 21.1 Å². The van der Waals surface area contributed by atoms with Crippen molar-refractivity contribution in [2.75, 3.05) is 56.3 Å². The Hall–Kier alpha value is -3.33. The first-order chi connectivity index (χ1) is 20.9. The van der Waals surface area contributed by atoms with E-state index in [1.165, 1.54) is 12.1 Å². The van der Waals surface area contributed by atoms with E-state index >= 15 is 0 Å². The highest BCUT2D eigenvalue weighted by atomic mass is 35.5. The van der Waals surface area contributed by atoms with Crippen molar-refractivity contribution in [3.05, 3.63) is 76.1 Å². The average molecular weight is 654 g/mol. The van der Waals surface area contributed by atoms with Gasteiger partial charge in [-0.15, -0.1) is 0 Å². The first-order valence-corrected chi connectivity index (χ1v) is 16.2. The molecular formula is C29H31ClF3N5O5S. The summed E-state index contributed by atoms with van der Waals surface area (Å²) in [5.41, 5.74) is 1.32. The number of ether oxygens (including phenoxy) is 2. The maximum atomic E-state index is 12.9. The van der Waals surface area contributed by atoms with Gasteiger partial charge in [-0.3, -0.25) is 9.69 Å². The molecule has 0 amide bonds. The minimum atomic E-state index is -4.58. The van der Waals surface area contributed by atoms with Crippen LogP contribution in [0.25, 0.3) is 0 Å². The van der Waals surface area contributed by atoms with Gasteiger partial charge in [0.25, 0.3) is 0 Å². The third kappa shape index (κ3) is 9.10. The van der Waals surface area contributed by atoms with Gasteiger partial charge in [0, 0.05) is 36.6 Å². The number of nitrogens with one attached hydrogen (secondary N) is 1. The highest BCUT2D eigenvalue weighted by Crippen LogP contribution is 2.48. The van der Waals surface area contributed by atoms with Crippen LogP contribution < -0.4 is 10.1 Å². The number of alkyl halides is 3. The highest BCUT2D eigenvalue weighted by Gasteiger charge is 2.45. The number of nitrogens with zero attached hydrogens (tertiary/aromatic N) is 4. The molecule has 2 heterocycles. The van der Waals surface area contributed by atoms with Gasteiger partial charge in [0.2, 0.25) is 5.95 Å². The van der Waals surface area contributed by atoms with Crippen LogP contribution in [0.3, 0.4) is 0 Å². The first kappa shape index (κ1) is 32.1. The lowest BCUT2D eigenvalue weighted by molar-refractivity contribution is -0.154. The number of anilines is 1. The van der Waals surface area contributed by atoms with Crippen LogP contribution in [-0.4, -0.2) is 91.2 Å². The molecule has 15 heteroatoms. The molecule has 5 rings (SSSR count). The van der Waals surface area contributed by atoms with Crippen LogP contribution in [0.4, 0.5) is 19.1 Å². The van der Waals surface area contributed by atoms with Crippen molar-refractivity contribution in [2.45, 2.75) is 31.0 Å². The van der Waals surface area contributed by atoms with Crippen molar-refractivity contribution >= 4 is 33.2 Å². The van der Waals surface area contributed by atoms with Gasteiger partial charge in [-0.25, -0.2) is 8.42 Å². The Morgan fingerprint density at radius 2 is 1.70 bits per heavy atom. The zero-order chi connectivity index (χ0) is 31.4. The summed E-state index contributed by atoms with van der Waals surface area (Å²) >= 11 is 6.01. The van der Waals surface area contributed by atoms with Crippen molar-refractivity contribution in [3.63, 3.8) is 0 Å². The highest BCUT2D eigenvalue weighted by molar-refractivity contribution is 7.92. The summed E-state index contributed by atoms with van der Waals surface area (Å²) in [4.78, 5) is 27.3. The number of aromatic nitrogens is 3. The number of hydrogen-bond donors (Lipinski definition) is 1. The summed E-state index contributed by atoms with van der Waals surface area (Å²) in [6.45, 7) is 1.20. The summed E-state index contributed by atoms with van der Waals surface area (Å²) in [5.74, 6) is -1.03. The fourth-order valence-electron chi connectivity index (χ4n) is 4.78. The molecule has 0 unspecified atom stereocenters. The van der Waals surface area contributed by atoms with Crippen molar-refractivity contribution in [2.24, 2.45) is 0 Å². The van der Waals surface area contributed by atoms with Crippen LogP contribution in [0, 0.1) is 0 Å². The number of ketones is 1. The lowest BCUT2D eigenvalue weighted by Crippen LogP contribution is -2.39. The minimum absolute atomic E-state index is 0.0636. The number of morpholine rings is 1. The van der Waals surface area contributed by atoms with E-state index in [0.29, 0.717) is 43.4 Å². The Bertz CT molecular complexity index is 1560. The second-order valence-corrected chi connectivity index (χ2v) is 13.4. The lowest BCUT2D eigenvalue weighted by Gasteiger charge is -2.26. The van der Waals surface area contributed by atoms with Gasteiger partial charge >= 0.3 is 12.2 Å². The van der Waals surface area contributed by atoms with E-state index < -0.39 is 45.7 Å². The van der Waals surface area contributed by atoms with Crippen LogP contribution in [0.5, 0.6) is 6.01 Å². The van der Waals surface area contributed by atoms with Crippen LogP contribution >= 0.6 is 11.6 Å². The number of carbonyl (C=O) groups excluding carboxylic acids is 1. The fourth-order valence-corrected chi connectivity index (χ4v) is 6.15. The largest absolute Gasteiger partial charge is 0.454 e. The first-order valence-electron chi connectivity index (χ1n) is 14.0. The zero-order valence-corrected chi connectivity index (χ0v) is 25.2. The molecule has 1 aromatic heterocycles. The average Bonchev–Trinajstić information content (AvgIpc) is 3.76. The molecule has 1 aliphatic carbocycles. The SMILES string of the molecule is O=C(CS(=O)(=O)CCN1CCOCC1)c1ccc(Cc2nc(NC3(c4ccc(Cl)cc4)CC3)nc(OCC(F)(F)F)n2)cc1. The van der Waals surface area contributed by atoms with Crippen LogP contribution in [0.15, 0.2) is 48.5 Å². The van der Waals surface area contributed by atoms with Crippen LogP contribution in [0.1, 0.15) is 40.2 Å². The number of Topliss-reactive ketones (excluding diaryl/α,β-unsaturated/α-hetero) is 1. The van der Waals surface area contributed by atoms with Crippen LogP contribution in [0.2, 0.25) is 5.02 Å². The van der Waals surface area contributed by atoms with E-state index in [0.717, 1.165) is 18.4 Å². The van der Waals surface area contributed by atoms with E-state index in [1.807, 2.05) is 17.0 Å². The molecule has 0 bridgehead atoms. The molecule has 0 atom stereocenters. The molecule has 2 aromatic carbocycles. The Morgan fingerprint density at radius 3 is 2.34 bits per heavy atom. The molecule has 1 saturated heterocycles. The van der Waals surface area contributed by atoms with Crippen molar-refractivity contribution < 1.29 is 35.9 Å². The lowest BCUT2D eigenvalue weighted by atomic mass is 10.1. The molecule has 1 saturated carbocycles. The molecule has 236 valence electrons. The summed E-state index contributed by atoms with van der Waals surface area (Å²) in [6.07, 6.45) is -2.97. The van der Waals surface area contributed by atoms with Crippen molar-refractivity contribution in [1.82, 2.24) is 19.9 Å². The number of carbonyl (C=O) groups is 1. The van der Waals surface area contributed by atoms with E-state index in [9.17, 15) is 26.4 Å². The van der Waals surface area contributed by atoms with Crippen LogP contribution in [-0.2, 0) is 26.5 Å². The number of halogens is 4. The number of benzene rings is 2. The molecule has 2 aliphatic rings. The normalized spacial score (nSPS) is 16.8. The Morgan fingerprint density at radius 1 is 1.02 bits per heavy atom. The van der Waals surface area contributed by atoms with E-state index in [1.54, 1.807) is 24.3 Å². The Balaban J connectivity index is 1.26. The molecular weight excluding hydrogens is 623 g/mol. The molecule has 1 N–H and O–H groups in total. The summed E-state index contributed by atoms with van der Waals surface area (Å²) in [6, 6.07) is 13.0. The number of rotatable bonds is 13. The third-order valence-electron chi connectivity index (χ3n) is 7.34. The van der Waals surface area contributed by atoms with Gasteiger partial charge in [-0.1, -0.05) is 48.0 Å². The molecule has 2 fully saturated rings. The minimum Gasteiger partial charge on any atom is -0.454 e. The molecule has 3 aromatic rings. The smallest absolute Gasteiger partial charge is 0.422 e. The monoisotopic (exact) mass is 653 g/mol. The molecule has 44 heavy (non-hydrogen) atoms. The standard InChI is InChI=1S/C29H31ClF3N5O5S/c30-23-7-5-22(6-8-23)28(9-10-28)37-26-34-25(35-27(36-26)43-19-29(31,32)33)17-20-1-3-21(4-2-20)24(39)18-44(40,41)16-13-38-11-14-42-15-12-38/h1-8H,9-19H2,(H,34,35,36,37). The number of hydrogen-bond acceptors (Lipinski definition) is 10. The molecule has 0 spiro atoms. The Kier molecular flexibility index (Phi) is 9.73. The summed E-state index contributed by atoms with van der Waals surface area (Å²) in [5, 5.41) is 3.81. The van der Waals surface area contributed by atoms with E-state index in [2.05, 4.69) is 20.3 Å². The maximum Gasteiger partial charge on any atom is 0.422 e. The second-order valence-electron chi connectivity index (χ2n) is 10.8. The quantitative estimate of drug-likeness (QED) is 0.270. The zero-order valence-electron chi connectivity index (χ0n) is 23.6. The van der Waals surface area contributed by atoms with Crippen molar-refractivity contribution in [3.8, 4) is 6.01 Å². The maximum absolute atomic E-state index is 12.9. The molecule has 0 radical (unpaired) electrons. The topological polar surface area (TPSA) is 124 Å². The summed E-state index contributed by atoms with van der Waals surface area (Å²) in [7, 11) is -3.61. The third-order valence-corrected chi connectivity index (χ3v) is 9.09. The molecule has 10 nitrogen and oxygen atoms in total. The number of sulfone groups is 1. The van der Waals surface area contributed by atoms with Gasteiger partial charge in [-0.2, -0.15) is 28.1 Å². The van der Waals surface area contributed by atoms with Gasteiger partial charge in [0.1, 0.15) is 11.6 Å².